The molecule has 1 atom stereocenters. The molecule has 2 aromatic carbocycles. The third-order valence-corrected chi connectivity index (χ3v) is 5.29. The number of halogens is 2. The predicted molar refractivity (Wildman–Crippen MR) is 116 cm³/mol. The monoisotopic (exact) mass is 433 g/mol. The summed E-state index contributed by atoms with van der Waals surface area (Å²) < 4.78 is 29.5. The molecule has 3 aromatic heterocycles. The maximum absolute atomic E-state index is 14.2. The van der Waals surface area contributed by atoms with Crippen molar-refractivity contribution in [3.05, 3.63) is 82.4 Å². The normalized spacial score (nSPS) is 12.4. The smallest absolute Gasteiger partial charge is 0.266 e. The molecule has 0 saturated heterocycles. The lowest BCUT2D eigenvalue weighted by Gasteiger charge is -2.20. The van der Waals surface area contributed by atoms with Crippen molar-refractivity contribution in [2.45, 2.75) is 19.9 Å². The van der Waals surface area contributed by atoms with Gasteiger partial charge in [0.2, 0.25) is 0 Å². The lowest BCUT2D eigenvalue weighted by atomic mass is 10.1. The van der Waals surface area contributed by atoms with E-state index >= 15 is 0 Å². The molecule has 3 heterocycles. The number of H-pyrrole nitrogens is 1. The first kappa shape index (κ1) is 19.7. The Kier molecular flexibility index (Phi) is 4.62. The van der Waals surface area contributed by atoms with Crippen molar-refractivity contribution in [3.63, 3.8) is 0 Å². The van der Waals surface area contributed by atoms with Crippen molar-refractivity contribution in [1.82, 2.24) is 29.5 Å². The lowest BCUT2D eigenvalue weighted by molar-refractivity contribution is 0.619. The molecule has 10 heteroatoms. The minimum atomic E-state index is -0.540. The van der Waals surface area contributed by atoms with E-state index in [1.807, 2.05) is 0 Å². The lowest BCUT2D eigenvalue weighted by Crippen LogP contribution is -2.28. The maximum Gasteiger partial charge on any atom is 0.266 e. The highest BCUT2D eigenvalue weighted by molar-refractivity contribution is 5.83. The molecule has 0 aliphatic rings. The molecule has 0 amide bonds. The van der Waals surface area contributed by atoms with E-state index in [9.17, 15) is 13.6 Å². The molecule has 5 aromatic rings. The van der Waals surface area contributed by atoms with Crippen molar-refractivity contribution >= 4 is 27.9 Å². The number of hydrogen-bond acceptors (Lipinski definition) is 6. The van der Waals surface area contributed by atoms with Gasteiger partial charge in [0.1, 0.15) is 29.3 Å². The number of nitrogens with zero attached hydrogens (tertiary/aromatic N) is 5. The highest BCUT2D eigenvalue weighted by Gasteiger charge is 2.21. The van der Waals surface area contributed by atoms with Crippen molar-refractivity contribution < 1.29 is 8.78 Å². The largest absolute Gasteiger partial charge is 0.358 e. The second-order valence-electron chi connectivity index (χ2n) is 7.35. The number of anilines is 1. The van der Waals surface area contributed by atoms with Gasteiger partial charge in [0.05, 0.1) is 29.0 Å². The minimum Gasteiger partial charge on any atom is -0.358 e. The van der Waals surface area contributed by atoms with Crippen molar-refractivity contribution in [2.75, 3.05) is 5.32 Å². The van der Waals surface area contributed by atoms with Gasteiger partial charge < -0.3 is 10.3 Å². The summed E-state index contributed by atoms with van der Waals surface area (Å²) in [5.41, 5.74) is 1.40. The van der Waals surface area contributed by atoms with Crippen LogP contribution in [0.25, 0.3) is 27.8 Å². The summed E-state index contributed by atoms with van der Waals surface area (Å²) in [6.45, 7) is 3.32. The molecule has 0 aliphatic heterocycles. The van der Waals surface area contributed by atoms with Crippen LogP contribution in [-0.2, 0) is 0 Å². The molecular formula is C22H17F2N7O. The number of imidazole rings is 1. The van der Waals surface area contributed by atoms with Crippen LogP contribution in [0, 0.1) is 18.6 Å². The van der Waals surface area contributed by atoms with Crippen LogP contribution in [0.2, 0.25) is 0 Å². The molecule has 160 valence electrons. The van der Waals surface area contributed by atoms with Crippen LogP contribution in [0.1, 0.15) is 24.4 Å². The average molecular weight is 433 g/mol. The highest BCUT2D eigenvalue weighted by Crippen LogP contribution is 2.25. The molecule has 0 bridgehead atoms. The predicted octanol–water partition coefficient (Wildman–Crippen LogP) is 3.81. The number of hydrogen-bond donors (Lipinski definition) is 2. The highest BCUT2D eigenvalue weighted by atomic mass is 19.1. The first-order chi connectivity index (χ1) is 15.4. The summed E-state index contributed by atoms with van der Waals surface area (Å²) >= 11 is 0. The summed E-state index contributed by atoms with van der Waals surface area (Å²) in [5.74, 6) is -0.239. The molecule has 8 nitrogen and oxygen atoms in total. The van der Waals surface area contributed by atoms with Crippen LogP contribution in [-0.4, -0.2) is 29.5 Å². The van der Waals surface area contributed by atoms with Gasteiger partial charge in [-0.05, 0) is 49.7 Å². The Morgan fingerprint density at radius 1 is 1.12 bits per heavy atom. The quantitative estimate of drug-likeness (QED) is 0.447. The van der Waals surface area contributed by atoms with Crippen molar-refractivity contribution in [3.8, 4) is 5.69 Å². The van der Waals surface area contributed by atoms with E-state index in [0.29, 0.717) is 28.3 Å². The van der Waals surface area contributed by atoms with Gasteiger partial charge in [0, 0.05) is 0 Å². The summed E-state index contributed by atoms with van der Waals surface area (Å²) in [6.07, 6.45) is 2.88. The van der Waals surface area contributed by atoms with Gasteiger partial charge in [0.15, 0.2) is 11.5 Å². The zero-order valence-corrected chi connectivity index (χ0v) is 17.1. The Balaban J connectivity index is 1.74. The van der Waals surface area contributed by atoms with Gasteiger partial charge in [0.25, 0.3) is 5.56 Å². The third kappa shape index (κ3) is 3.16. The van der Waals surface area contributed by atoms with Gasteiger partial charge in [-0.3, -0.25) is 9.36 Å². The Morgan fingerprint density at radius 2 is 1.97 bits per heavy atom. The summed E-state index contributed by atoms with van der Waals surface area (Å²) in [6, 6.07) is 7.81. The van der Waals surface area contributed by atoms with E-state index in [4.69, 9.17) is 0 Å². The Morgan fingerprint density at radius 3 is 2.78 bits per heavy atom. The molecule has 5 rings (SSSR count). The first-order valence-corrected chi connectivity index (χ1v) is 9.82. The summed E-state index contributed by atoms with van der Waals surface area (Å²) in [7, 11) is 0. The van der Waals surface area contributed by atoms with E-state index in [1.165, 1.54) is 54.5 Å². The number of rotatable bonds is 4. The maximum atomic E-state index is 14.2. The second-order valence-corrected chi connectivity index (χ2v) is 7.35. The molecule has 0 saturated carbocycles. The average Bonchev–Trinajstić information content (AvgIpc) is 3.26. The number of nitrogens with one attached hydrogen (secondary N) is 2. The zero-order valence-electron chi connectivity index (χ0n) is 17.1. The Hall–Kier alpha value is -4.21. The van der Waals surface area contributed by atoms with Gasteiger partial charge in [-0.25, -0.2) is 28.7 Å². The Bertz CT molecular complexity index is 1540. The Labute approximate surface area is 180 Å². The third-order valence-electron chi connectivity index (χ3n) is 5.29. The number of aromatic nitrogens is 6. The number of aromatic amines is 1. The van der Waals surface area contributed by atoms with Crippen LogP contribution in [0.3, 0.4) is 0 Å². The van der Waals surface area contributed by atoms with Crippen LogP contribution in [0.15, 0.2) is 53.8 Å². The number of benzene rings is 2. The van der Waals surface area contributed by atoms with Gasteiger partial charge in [-0.2, -0.15) is 0 Å². The SMILES string of the molecule is Cc1c(F)ccc2nc([C@H](C)Nc3ncnc4nc[nH]c34)n(-c3cccc(F)c3)c(=O)c12. The van der Waals surface area contributed by atoms with E-state index in [1.54, 1.807) is 13.0 Å². The molecule has 0 radical (unpaired) electrons. The van der Waals surface area contributed by atoms with Crippen molar-refractivity contribution in [1.29, 1.82) is 0 Å². The molecule has 32 heavy (non-hydrogen) atoms. The van der Waals surface area contributed by atoms with E-state index in [-0.39, 0.29) is 16.6 Å². The molecule has 0 spiro atoms. The molecular weight excluding hydrogens is 416 g/mol. The molecule has 2 N–H and O–H groups in total. The fraction of sp³-hybridized carbons (Fsp3) is 0.136. The van der Waals surface area contributed by atoms with Gasteiger partial charge in [-0.15, -0.1) is 0 Å². The number of aryl methyl sites for hydroxylation is 1. The van der Waals surface area contributed by atoms with E-state index in [2.05, 4.69) is 30.2 Å². The second kappa shape index (κ2) is 7.49. The molecule has 0 fully saturated rings. The standard InChI is InChI=1S/C22H17F2N7O/c1-11-15(24)6-7-16-17(11)22(32)31(14-5-3-4-13(23)8-14)21(30-16)12(2)29-20-18-19(26-9-25-18)27-10-28-20/h3-10,12H,1-2H3,(H2,25,26,27,28,29)/t12-/m0/s1. The molecule has 0 aliphatic carbocycles. The number of fused-ring (bicyclic) bond motifs is 2. The van der Waals surface area contributed by atoms with E-state index < -0.39 is 23.2 Å². The van der Waals surface area contributed by atoms with Crippen LogP contribution >= 0.6 is 0 Å². The summed E-state index contributed by atoms with van der Waals surface area (Å²) in [5, 5.41) is 3.36. The fourth-order valence-corrected chi connectivity index (χ4v) is 3.72. The van der Waals surface area contributed by atoms with Gasteiger partial charge in [-0.1, -0.05) is 6.07 Å². The van der Waals surface area contributed by atoms with Crippen LogP contribution in [0.5, 0.6) is 0 Å². The van der Waals surface area contributed by atoms with E-state index in [0.717, 1.165) is 0 Å². The van der Waals surface area contributed by atoms with Crippen LogP contribution < -0.4 is 10.9 Å². The zero-order chi connectivity index (χ0) is 22.4. The van der Waals surface area contributed by atoms with Crippen molar-refractivity contribution in [2.24, 2.45) is 0 Å². The topological polar surface area (TPSA) is 101 Å². The molecule has 0 unspecified atom stereocenters. The van der Waals surface area contributed by atoms with Crippen LogP contribution in [0.4, 0.5) is 14.6 Å². The van der Waals surface area contributed by atoms with Gasteiger partial charge >= 0.3 is 0 Å². The first-order valence-electron chi connectivity index (χ1n) is 9.82. The minimum absolute atomic E-state index is 0.142. The summed E-state index contributed by atoms with van der Waals surface area (Å²) in [4.78, 5) is 33.6. The fourth-order valence-electron chi connectivity index (χ4n) is 3.72.